The predicted molar refractivity (Wildman–Crippen MR) is 104 cm³/mol. The molecule has 0 atom stereocenters. The van der Waals surface area contributed by atoms with Crippen molar-refractivity contribution in [1.82, 2.24) is 4.90 Å². The van der Waals surface area contributed by atoms with Crippen LogP contribution in [0.2, 0.25) is 0 Å². The molecule has 0 radical (unpaired) electrons. The molecule has 2 aromatic carbocycles. The third kappa shape index (κ3) is 4.03. The van der Waals surface area contributed by atoms with E-state index in [-0.39, 0.29) is 11.9 Å². The molecule has 2 aromatic rings. The van der Waals surface area contributed by atoms with Crippen LogP contribution in [0.15, 0.2) is 64.5 Å². The van der Waals surface area contributed by atoms with Crippen LogP contribution in [-0.4, -0.2) is 35.6 Å². The highest BCUT2D eigenvalue weighted by atomic mass is 32.2. The fraction of sp³-hybridized carbons (Fsp3) is 0.150. The van der Waals surface area contributed by atoms with Crippen molar-refractivity contribution in [3.63, 3.8) is 0 Å². The van der Waals surface area contributed by atoms with Gasteiger partial charge in [-0.05, 0) is 54.6 Å². The molecule has 1 saturated heterocycles. The summed E-state index contributed by atoms with van der Waals surface area (Å²) in [5.41, 5.74) is 2.11. The van der Waals surface area contributed by atoms with Gasteiger partial charge in [0.25, 0.3) is 5.91 Å². The highest BCUT2D eigenvalue weighted by Gasteiger charge is 2.30. The number of hydrogen-bond donors (Lipinski definition) is 0. The molecular formula is C20H18N2O3S. The number of thioether (sulfide) groups is 1. The lowest BCUT2D eigenvalue weighted by Gasteiger charge is -2.07. The number of hydrogen-bond acceptors (Lipinski definition) is 5. The van der Waals surface area contributed by atoms with Gasteiger partial charge in [0.05, 0.1) is 22.8 Å². The lowest BCUT2D eigenvalue weighted by atomic mass is 10.2. The summed E-state index contributed by atoms with van der Waals surface area (Å²) in [7, 11) is 1.70. The van der Waals surface area contributed by atoms with Crippen molar-refractivity contribution in [3.05, 3.63) is 70.6 Å². The molecule has 0 aromatic heterocycles. The van der Waals surface area contributed by atoms with Crippen LogP contribution >= 0.6 is 11.8 Å². The largest absolute Gasteiger partial charge is 0.462 e. The van der Waals surface area contributed by atoms with Crippen LogP contribution in [0, 0.1) is 0 Å². The second kappa shape index (κ2) is 8.01. The van der Waals surface area contributed by atoms with Crippen LogP contribution in [0.1, 0.15) is 22.8 Å². The molecule has 0 unspecified atom stereocenters. The Bertz CT molecular complexity index is 874. The number of benzene rings is 2. The Morgan fingerprint density at radius 2 is 1.85 bits per heavy atom. The fourth-order valence-corrected chi connectivity index (χ4v) is 3.34. The van der Waals surface area contributed by atoms with Crippen molar-refractivity contribution in [2.24, 2.45) is 4.99 Å². The Morgan fingerprint density at radius 3 is 2.50 bits per heavy atom. The molecule has 1 aliphatic heterocycles. The van der Waals surface area contributed by atoms with Crippen molar-refractivity contribution >= 4 is 40.6 Å². The molecule has 0 bridgehead atoms. The molecule has 1 fully saturated rings. The fourth-order valence-electron chi connectivity index (χ4n) is 2.35. The minimum absolute atomic E-state index is 0.0826. The van der Waals surface area contributed by atoms with E-state index in [0.717, 1.165) is 5.56 Å². The van der Waals surface area contributed by atoms with Gasteiger partial charge in [0, 0.05) is 7.05 Å². The molecule has 26 heavy (non-hydrogen) atoms. The van der Waals surface area contributed by atoms with Crippen LogP contribution in [0.5, 0.6) is 0 Å². The standard InChI is InChI=1S/C20H18N2O3S/c1-3-25-19(24)15-9-11-16(12-10-15)21-20-22(2)18(23)17(26-20)13-14-7-5-4-6-8-14/h4-13H,3H2,1-2H3. The van der Waals surface area contributed by atoms with Crippen LogP contribution in [-0.2, 0) is 9.53 Å². The van der Waals surface area contributed by atoms with E-state index in [2.05, 4.69) is 4.99 Å². The average Bonchev–Trinajstić information content (AvgIpc) is 2.91. The molecule has 1 amide bonds. The second-order valence-electron chi connectivity index (χ2n) is 5.55. The first-order chi connectivity index (χ1) is 12.6. The smallest absolute Gasteiger partial charge is 0.338 e. The predicted octanol–water partition coefficient (Wildman–Crippen LogP) is 4.10. The Hall–Kier alpha value is -2.86. The first-order valence-corrected chi connectivity index (χ1v) is 8.98. The van der Waals surface area contributed by atoms with Gasteiger partial charge in [0.15, 0.2) is 5.17 Å². The summed E-state index contributed by atoms with van der Waals surface area (Å²) in [5, 5.41) is 0.598. The lowest BCUT2D eigenvalue weighted by Crippen LogP contribution is -2.23. The molecule has 1 aliphatic rings. The average molecular weight is 366 g/mol. The maximum atomic E-state index is 12.4. The van der Waals surface area contributed by atoms with Gasteiger partial charge in [-0.2, -0.15) is 0 Å². The monoisotopic (exact) mass is 366 g/mol. The number of carbonyl (C=O) groups excluding carboxylic acids is 2. The first kappa shape index (κ1) is 17.9. The summed E-state index contributed by atoms with van der Waals surface area (Å²) in [6, 6.07) is 16.5. The Morgan fingerprint density at radius 1 is 1.15 bits per heavy atom. The minimum Gasteiger partial charge on any atom is -0.462 e. The van der Waals surface area contributed by atoms with Gasteiger partial charge in [0.2, 0.25) is 0 Å². The van der Waals surface area contributed by atoms with E-state index in [9.17, 15) is 9.59 Å². The maximum absolute atomic E-state index is 12.4. The van der Waals surface area contributed by atoms with E-state index in [1.807, 2.05) is 36.4 Å². The van der Waals surface area contributed by atoms with Gasteiger partial charge >= 0.3 is 5.97 Å². The molecule has 3 rings (SSSR count). The number of amidine groups is 1. The normalized spacial score (nSPS) is 17.2. The number of ether oxygens (including phenoxy) is 1. The van der Waals surface area contributed by atoms with Crippen molar-refractivity contribution in [1.29, 1.82) is 0 Å². The highest BCUT2D eigenvalue weighted by Crippen LogP contribution is 2.33. The van der Waals surface area contributed by atoms with E-state index in [1.165, 1.54) is 16.7 Å². The van der Waals surface area contributed by atoms with Crippen molar-refractivity contribution < 1.29 is 14.3 Å². The number of aliphatic imine (C=N–C) groups is 1. The summed E-state index contributed by atoms with van der Waals surface area (Å²) >= 11 is 1.33. The van der Waals surface area contributed by atoms with E-state index in [0.29, 0.717) is 27.9 Å². The SMILES string of the molecule is CCOC(=O)c1ccc(N=C2SC(=Cc3ccccc3)C(=O)N2C)cc1. The first-order valence-electron chi connectivity index (χ1n) is 8.17. The van der Waals surface area contributed by atoms with Crippen LogP contribution < -0.4 is 0 Å². The summed E-state index contributed by atoms with van der Waals surface area (Å²) in [6.45, 7) is 2.10. The minimum atomic E-state index is -0.359. The number of likely N-dealkylation sites (N-methyl/N-ethyl adjacent to an activating group) is 1. The Kier molecular flexibility index (Phi) is 5.53. The highest BCUT2D eigenvalue weighted by molar-refractivity contribution is 8.18. The van der Waals surface area contributed by atoms with E-state index in [1.54, 1.807) is 38.2 Å². The third-order valence-electron chi connectivity index (χ3n) is 3.70. The zero-order valence-electron chi connectivity index (χ0n) is 14.5. The molecule has 0 aliphatic carbocycles. The van der Waals surface area contributed by atoms with Gasteiger partial charge in [-0.3, -0.25) is 9.69 Å². The van der Waals surface area contributed by atoms with Gasteiger partial charge in [0.1, 0.15) is 0 Å². The number of amides is 1. The molecule has 5 nitrogen and oxygen atoms in total. The summed E-state index contributed by atoms with van der Waals surface area (Å²) in [4.78, 5) is 30.8. The van der Waals surface area contributed by atoms with Crippen LogP contribution in [0.25, 0.3) is 6.08 Å². The number of rotatable bonds is 4. The second-order valence-corrected chi connectivity index (χ2v) is 6.56. The molecule has 0 N–H and O–H groups in total. The lowest BCUT2D eigenvalue weighted by molar-refractivity contribution is -0.121. The van der Waals surface area contributed by atoms with E-state index < -0.39 is 0 Å². The van der Waals surface area contributed by atoms with Gasteiger partial charge < -0.3 is 4.74 Å². The quantitative estimate of drug-likeness (QED) is 0.604. The van der Waals surface area contributed by atoms with Crippen molar-refractivity contribution in [2.75, 3.05) is 13.7 Å². The van der Waals surface area contributed by atoms with Gasteiger partial charge in [-0.25, -0.2) is 9.79 Å². The number of nitrogens with zero attached hydrogens (tertiary/aromatic N) is 2. The molecular weight excluding hydrogens is 348 g/mol. The topological polar surface area (TPSA) is 59.0 Å². The van der Waals surface area contributed by atoms with Crippen molar-refractivity contribution in [2.45, 2.75) is 6.92 Å². The number of esters is 1. The molecule has 1 heterocycles. The van der Waals surface area contributed by atoms with E-state index in [4.69, 9.17) is 4.74 Å². The van der Waals surface area contributed by atoms with E-state index >= 15 is 0 Å². The Balaban J connectivity index is 1.80. The molecule has 0 saturated carbocycles. The summed E-state index contributed by atoms with van der Waals surface area (Å²) in [5.74, 6) is -0.442. The van der Waals surface area contributed by atoms with Gasteiger partial charge in [-0.1, -0.05) is 30.3 Å². The molecule has 132 valence electrons. The van der Waals surface area contributed by atoms with Crippen molar-refractivity contribution in [3.8, 4) is 0 Å². The van der Waals surface area contributed by atoms with Gasteiger partial charge in [-0.15, -0.1) is 0 Å². The third-order valence-corrected chi connectivity index (χ3v) is 4.76. The number of carbonyl (C=O) groups is 2. The molecule has 6 heteroatoms. The zero-order chi connectivity index (χ0) is 18.5. The summed E-state index contributed by atoms with van der Waals surface area (Å²) < 4.78 is 4.96. The zero-order valence-corrected chi connectivity index (χ0v) is 15.3. The molecule has 0 spiro atoms. The van der Waals surface area contributed by atoms with Crippen LogP contribution in [0.4, 0.5) is 5.69 Å². The van der Waals surface area contributed by atoms with Crippen LogP contribution in [0.3, 0.4) is 0 Å². The summed E-state index contributed by atoms with van der Waals surface area (Å²) in [6.07, 6.45) is 1.86. The Labute approximate surface area is 156 Å². The maximum Gasteiger partial charge on any atom is 0.338 e.